The second-order valence-corrected chi connectivity index (χ2v) is 5.79. The standard InChI is InChI=1S/C17H23N5O/c1-12-5-6-14(11-13(12)2)17(23)19-16-8-7-15(20-21-16)18-9-10-22(3)4/h5-8,11H,9-10H2,1-4H3,(H,18,20)(H,19,21,23). The van der Waals surface area contributed by atoms with E-state index in [4.69, 9.17) is 0 Å². The van der Waals surface area contributed by atoms with Crippen molar-refractivity contribution >= 4 is 17.5 Å². The molecule has 0 atom stereocenters. The van der Waals surface area contributed by atoms with Gasteiger partial charge < -0.3 is 15.5 Å². The van der Waals surface area contributed by atoms with Crippen LogP contribution in [0.2, 0.25) is 0 Å². The predicted molar refractivity (Wildman–Crippen MR) is 92.9 cm³/mol. The second kappa shape index (κ2) is 7.69. The zero-order valence-electron chi connectivity index (χ0n) is 14.1. The number of amides is 1. The molecule has 0 unspecified atom stereocenters. The number of carbonyl (C=O) groups is 1. The molecule has 1 aromatic carbocycles. The molecule has 0 aliphatic heterocycles. The summed E-state index contributed by atoms with van der Waals surface area (Å²) in [4.78, 5) is 14.3. The molecule has 23 heavy (non-hydrogen) atoms. The summed E-state index contributed by atoms with van der Waals surface area (Å²) >= 11 is 0. The molecule has 0 aliphatic rings. The van der Waals surface area contributed by atoms with Gasteiger partial charge in [-0.05, 0) is 63.3 Å². The number of rotatable bonds is 6. The van der Waals surface area contributed by atoms with Crippen molar-refractivity contribution in [2.45, 2.75) is 13.8 Å². The number of carbonyl (C=O) groups excluding carboxylic acids is 1. The van der Waals surface area contributed by atoms with Crippen LogP contribution in [0.15, 0.2) is 30.3 Å². The molecule has 0 fully saturated rings. The summed E-state index contributed by atoms with van der Waals surface area (Å²) in [5.74, 6) is 0.943. The number of hydrogen-bond donors (Lipinski definition) is 2. The molecular weight excluding hydrogens is 290 g/mol. The van der Waals surface area contributed by atoms with Gasteiger partial charge in [0.2, 0.25) is 0 Å². The van der Waals surface area contributed by atoms with Crippen molar-refractivity contribution in [3.63, 3.8) is 0 Å². The molecule has 2 N–H and O–H groups in total. The van der Waals surface area contributed by atoms with E-state index in [1.807, 2.05) is 46.1 Å². The van der Waals surface area contributed by atoms with Gasteiger partial charge in [-0.1, -0.05) is 6.07 Å². The SMILES string of the molecule is Cc1ccc(C(=O)Nc2ccc(NCCN(C)C)nn2)cc1C. The highest BCUT2D eigenvalue weighted by Crippen LogP contribution is 2.12. The van der Waals surface area contributed by atoms with Crippen LogP contribution in [-0.4, -0.2) is 48.2 Å². The van der Waals surface area contributed by atoms with Crippen LogP contribution in [0.5, 0.6) is 0 Å². The first kappa shape index (κ1) is 16.9. The van der Waals surface area contributed by atoms with Gasteiger partial charge in [-0.25, -0.2) is 0 Å². The van der Waals surface area contributed by atoms with Crippen molar-refractivity contribution in [1.29, 1.82) is 0 Å². The zero-order chi connectivity index (χ0) is 16.8. The van der Waals surface area contributed by atoms with E-state index in [-0.39, 0.29) is 5.91 Å². The minimum atomic E-state index is -0.185. The van der Waals surface area contributed by atoms with Gasteiger partial charge in [0.05, 0.1) is 0 Å². The number of aromatic nitrogens is 2. The summed E-state index contributed by atoms with van der Waals surface area (Å²) in [6, 6.07) is 9.16. The first-order valence-electron chi connectivity index (χ1n) is 7.56. The van der Waals surface area contributed by atoms with Crippen LogP contribution in [-0.2, 0) is 0 Å². The van der Waals surface area contributed by atoms with E-state index >= 15 is 0 Å². The van der Waals surface area contributed by atoms with E-state index in [2.05, 4.69) is 25.7 Å². The third-order valence-electron chi connectivity index (χ3n) is 3.54. The fourth-order valence-electron chi connectivity index (χ4n) is 1.97. The van der Waals surface area contributed by atoms with Gasteiger partial charge in [-0.3, -0.25) is 4.79 Å². The molecule has 122 valence electrons. The Morgan fingerprint density at radius 2 is 1.74 bits per heavy atom. The van der Waals surface area contributed by atoms with E-state index in [0.717, 1.165) is 24.2 Å². The zero-order valence-corrected chi connectivity index (χ0v) is 14.1. The number of benzene rings is 1. The van der Waals surface area contributed by atoms with Gasteiger partial charge >= 0.3 is 0 Å². The van der Waals surface area contributed by atoms with E-state index in [9.17, 15) is 4.79 Å². The molecule has 1 aromatic heterocycles. The Labute approximate surface area is 136 Å². The lowest BCUT2D eigenvalue weighted by Crippen LogP contribution is -2.21. The molecule has 0 saturated heterocycles. The number of anilines is 2. The van der Waals surface area contributed by atoms with E-state index < -0.39 is 0 Å². The van der Waals surface area contributed by atoms with Crippen LogP contribution in [0, 0.1) is 13.8 Å². The van der Waals surface area contributed by atoms with Gasteiger partial charge in [-0.2, -0.15) is 0 Å². The fourth-order valence-corrected chi connectivity index (χ4v) is 1.97. The Morgan fingerprint density at radius 3 is 2.35 bits per heavy atom. The summed E-state index contributed by atoms with van der Waals surface area (Å²) in [7, 11) is 4.03. The number of hydrogen-bond acceptors (Lipinski definition) is 5. The first-order chi connectivity index (χ1) is 11.0. The smallest absolute Gasteiger partial charge is 0.256 e. The van der Waals surface area contributed by atoms with Crippen LogP contribution in [0.25, 0.3) is 0 Å². The van der Waals surface area contributed by atoms with Crippen molar-refractivity contribution in [2.75, 3.05) is 37.8 Å². The summed E-state index contributed by atoms with van der Waals surface area (Å²) in [6.07, 6.45) is 0. The monoisotopic (exact) mass is 313 g/mol. The average Bonchev–Trinajstić information content (AvgIpc) is 2.51. The summed E-state index contributed by atoms with van der Waals surface area (Å²) in [5.41, 5.74) is 2.86. The molecule has 0 spiro atoms. The number of nitrogens with one attached hydrogen (secondary N) is 2. The highest BCUT2D eigenvalue weighted by atomic mass is 16.1. The lowest BCUT2D eigenvalue weighted by atomic mass is 10.1. The molecule has 6 nitrogen and oxygen atoms in total. The predicted octanol–water partition coefficient (Wildman–Crippen LogP) is 2.32. The second-order valence-electron chi connectivity index (χ2n) is 5.79. The maximum atomic E-state index is 12.2. The lowest BCUT2D eigenvalue weighted by molar-refractivity contribution is 0.102. The van der Waals surface area contributed by atoms with Crippen molar-refractivity contribution in [3.05, 3.63) is 47.0 Å². The summed E-state index contributed by atoms with van der Waals surface area (Å²) in [6.45, 7) is 5.70. The molecule has 0 radical (unpaired) electrons. The molecule has 0 aliphatic carbocycles. The normalized spacial score (nSPS) is 10.7. The highest BCUT2D eigenvalue weighted by molar-refractivity contribution is 6.03. The molecule has 2 rings (SSSR count). The van der Waals surface area contributed by atoms with Crippen LogP contribution in [0.1, 0.15) is 21.5 Å². The van der Waals surface area contributed by atoms with Crippen LogP contribution < -0.4 is 10.6 Å². The fraction of sp³-hybridized carbons (Fsp3) is 0.353. The minimum Gasteiger partial charge on any atom is -0.367 e. The van der Waals surface area contributed by atoms with Crippen molar-refractivity contribution in [2.24, 2.45) is 0 Å². The maximum Gasteiger partial charge on any atom is 0.256 e. The Hall–Kier alpha value is -2.47. The minimum absolute atomic E-state index is 0.185. The largest absolute Gasteiger partial charge is 0.367 e. The number of aryl methyl sites for hydroxylation is 2. The lowest BCUT2D eigenvalue weighted by Gasteiger charge is -2.10. The van der Waals surface area contributed by atoms with Crippen LogP contribution in [0.3, 0.4) is 0 Å². The average molecular weight is 313 g/mol. The maximum absolute atomic E-state index is 12.2. The molecule has 0 bridgehead atoms. The molecule has 1 heterocycles. The third-order valence-corrected chi connectivity index (χ3v) is 3.54. The van der Waals surface area contributed by atoms with E-state index in [1.54, 1.807) is 12.1 Å². The van der Waals surface area contributed by atoms with Gasteiger partial charge in [-0.15, -0.1) is 10.2 Å². The van der Waals surface area contributed by atoms with E-state index in [0.29, 0.717) is 17.2 Å². The van der Waals surface area contributed by atoms with Gasteiger partial charge in [0.25, 0.3) is 5.91 Å². The topological polar surface area (TPSA) is 70.2 Å². The van der Waals surface area contributed by atoms with Crippen molar-refractivity contribution in [3.8, 4) is 0 Å². The summed E-state index contributed by atoms with van der Waals surface area (Å²) in [5, 5.41) is 14.0. The summed E-state index contributed by atoms with van der Waals surface area (Å²) < 4.78 is 0. The van der Waals surface area contributed by atoms with Crippen molar-refractivity contribution in [1.82, 2.24) is 15.1 Å². The van der Waals surface area contributed by atoms with Crippen LogP contribution >= 0.6 is 0 Å². The Balaban J connectivity index is 1.94. The molecule has 0 saturated carbocycles. The van der Waals surface area contributed by atoms with Gasteiger partial charge in [0.15, 0.2) is 5.82 Å². The number of nitrogens with zero attached hydrogens (tertiary/aromatic N) is 3. The molecule has 2 aromatic rings. The quantitative estimate of drug-likeness (QED) is 0.856. The molecule has 1 amide bonds. The Bertz CT molecular complexity index is 667. The Kier molecular flexibility index (Phi) is 5.65. The van der Waals surface area contributed by atoms with Crippen LogP contribution in [0.4, 0.5) is 11.6 Å². The highest BCUT2D eigenvalue weighted by Gasteiger charge is 2.08. The van der Waals surface area contributed by atoms with Crippen molar-refractivity contribution < 1.29 is 4.79 Å². The number of likely N-dealkylation sites (N-methyl/N-ethyl adjacent to an activating group) is 1. The third kappa shape index (κ3) is 5.03. The van der Waals surface area contributed by atoms with Gasteiger partial charge in [0, 0.05) is 18.7 Å². The first-order valence-corrected chi connectivity index (χ1v) is 7.56. The molecule has 6 heteroatoms. The van der Waals surface area contributed by atoms with E-state index in [1.165, 1.54) is 0 Å². The van der Waals surface area contributed by atoms with Gasteiger partial charge in [0.1, 0.15) is 5.82 Å². The Morgan fingerprint density at radius 1 is 1.04 bits per heavy atom. The molecular formula is C17H23N5O.